The Hall–Kier alpha value is -1.17. The number of nitrogens with one attached hydrogen (secondary N) is 1. The van der Waals surface area contributed by atoms with Crippen molar-refractivity contribution in [2.45, 2.75) is 32.5 Å². The fraction of sp³-hybridized carbons (Fsp3) is 0.600. The van der Waals surface area contributed by atoms with Gasteiger partial charge in [-0.15, -0.1) is 0 Å². The van der Waals surface area contributed by atoms with Crippen molar-refractivity contribution < 1.29 is 13.9 Å². The SMILES string of the molecule is CCOC(=O)Cc1[nH]c(=S)n2c1C[C@@H](F)C2. The van der Waals surface area contributed by atoms with Gasteiger partial charge in [0.15, 0.2) is 4.77 Å². The van der Waals surface area contributed by atoms with Crippen molar-refractivity contribution >= 4 is 18.2 Å². The van der Waals surface area contributed by atoms with E-state index in [9.17, 15) is 9.18 Å². The van der Waals surface area contributed by atoms with E-state index in [0.717, 1.165) is 5.69 Å². The minimum Gasteiger partial charge on any atom is -0.466 e. The first-order chi connectivity index (χ1) is 7.61. The van der Waals surface area contributed by atoms with E-state index in [4.69, 9.17) is 17.0 Å². The molecule has 0 aliphatic carbocycles. The third-order valence-corrected chi connectivity index (χ3v) is 2.92. The van der Waals surface area contributed by atoms with E-state index in [-0.39, 0.29) is 18.9 Å². The van der Waals surface area contributed by atoms with Crippen LogP contribution in [0.4, 0.5) is 4.39 Å². The molecule has 1 aliphatic rings. The molecule has 1 N–H and O–H groups in total. The topological polar surface area (TPSA) is 47.0 Å². The van der Waals surface area contributed by atoms with E-state index < -0.39 is 6.17 Å². The third kappa shape index (κ3) is 2.02. The third-order valence-electron chi connectivity index (χ3n) is 2.60. The fourth-order valence-corrected chi connectivity index (χ4v) is 2.26. The maximum absolute atomic E-state index is 13.2. The molecule has 1 atom stereocenters. The van der Waals surface area contributed by atoms with Crippen molar-refractivity contribution in [1.29, 1.82) is 0 Å². The zero-order valence-corrected chi connectivity index (χ0v) is 9.77. The monoisotopic (exact) mass is 244 g/mol. The number of aromatic amines is 1. The highest BCUT2D eigenvalue weighted by Gasteiger charge is 2.26. The average molecular weight is 244 g/mol. The van der Waals surface area contributed by atoms with Crippen LogP contribution in [0.1, 0.15) is 18.3 Å². The number of rotatable bonds is 3. The molecule has 0 bridgehead atoms. The Balaban J connectivity index is 2.21. The highest BCUT2D eigenvalue weighted by Crippen LogP contribution is 2.22. The first kappa shape index (κ1) is 11.3. The van der Waals surface area contributed by atoms with Crippen molar-refractivity contribution in [1.82, 2.24) is 9.55 Å². The van der Waals surface area contributed by atoms with Crippen LogP contribution in [0.15, 0.2) is 0 Å². The Morgan fingerprint density at radius 1 is 1.75 bits per heavy atom. The van der Waals surface area contributed by atoms with Crippen molar-refractivity contribution in [2.24, 2.45) is 0 Å². The lowest BCUT2D eigenvalue weighted by atomic mass is 10.2. The van der Waals surface area contributed by atoms with Gasteiger partial charge in [0, 0.05) is 17.8 Å². The van der Waals surface area contributed by atoms with Crippen molar-refractivity contribution in [2.75, 3.05) is 6.61 Å². The number of carbonyl (C=O) groups is 1. The number of ether oxygens (including phenoxy) is 1. The average Bonchev–Trinajstić information content (AvgIpc) is 2.69. The molecule has 1 aliphatic heterocycles. The Bertz CT molecular complexity index is 466. The highest BCUT2D eigenvalue weighted by molar-refractivity contribution is 7.71. The molecule has 0 saturated carbocycles. The molecular weight excluding hydrogens is 231 g/mol. The summed E-state index contributed by atoms with van der Waals surface area (Å²) < 4.78 is 20.2. The molecule has 16 heavy (non-hydrogen) atoms. The summed E-state index contributed by atoms with van der Waals surface area (Å²) in [6.45, 7) is 2.39. The smallest absolute Gasteiger partial charge is 0.311 e. The van der Waals surface area contributed by atoms with Crippen molar-refractivity contribution in [3.63, 3.8) is 0 Å². The fourth-order valence-electron chi connectivity index (χ4n) is 1.96. The van der Waals surface area contributed by atoms with Crippen LogP contribution in [0.25, 0.3) is 0 Å². The van der Waals surface area contributed by atoms with Crippen LogP contribution in [0.3, 0.4) is 0 Å². The van der Waals surface area contributed by atoms with Gasteiger partial charge in [0.05, 0.1) is 19.6 Å². The number of hydrogen-bond acceptors (Lipinski definition) is 3. The van der Waals surface area contributed by atoms with Crippen LogP contribution in [0.2, 0.25) is 0 Å². The lowest BCUT2D eigenvalue weighted by Crippen LogP contribution is -2.09. The number of H-pyrrole nitrogens is 1. The first-order valence-corrected chi connectivity index (χ1v) is 5.63. The van der Waals surface area contributed by atoms with E-state index in [1.165, 1.54) is 0 Å². The van der Waals surface area contributed by atoms with Gasteiger partial charge in [-0.05, 0) is 19.1 Å². The maximum Gasteiger partial charge on any atom is 0.311 e. The van der Waals surface area contributed by atoms with Crippen LogP contribution in [-0.4, -0.2) is 28.3 Å². The Morgan fingerprint density at radius 3 is 3.19 bits per heavy atom. The summed E-state index contributed by atoms with van der Waals surface area (Å²) in [5.41, 5.74) is 1.48. The highest BCUT2D eigenvalue weighted by atomic mass is 32.1. The molecule has 0 amide bonds. The normalized spacial score (nSPS) is 18.5. The predicted octanol–water partition coefficient (Wildman–Crippen LogP) is 1.55. The lowest BCUT2D eigenvalue weighted by molar-refractivity contribution is -0.142. The van der Waals surface area contributed by atoms with Gasteiger partial charge in [-0.25, -0.2) is 4.39 Å². The number of esters is 1. The van der Waals surface area contributed by atoms with Crippen molar-refractivity contribution in [3.8, 4) is 0 Å². The Kier molecular flexibility index (Phi) is 3.09. The van der Waals surface area contributed by atoms with Crippen molar-refractivity contribution in [3.05, 3.63) is 16.2 Å². The molecule has 0 unspecified atom stereocenters. The lowest BCUT2D eigenvalue weighted by Gasteiger charge is -2.01. The molecule has 1 aromatic rings. The first-order valence-electron chi connectivity index (χ1n) is 5.22. The molecule has 1 aromatic heterocycles. The predicted molar refractivity (Wildman–Crippen MR) is 58.6 cm³/mol. The second kappa shape index (κ2) is 4.37. The number of fused-ring (bicyclic) bond motifs is 1. The van der Waals surface area contributed by atoms with Gasteiger partial charge in [0.1, 0.15) is 6.17 Å². The van der Waals surface area contributed by atoms with Crippen LogP contribution >= 0.6 is 12.2 Å². The Morgan fingerprint density at radius 2 is 2.50 bits per heavy atom. The summed E-state index contributed by atoms with van der Waals surface area (Å²) in [6, 6.07) is 0. The van der Waals surface area contributed by atoms with Gasteiger partial charge in [0.25, 0.3) is 0 Å². The van der Waals surface area contributed by atoms with Gasteiger partial charge >= 0.3 is 5.97 Å². The molecule has 0 aromatic carbocycles. The van der Waals surface area contributed by atoms with E-state index in [2.05, 4.69) is 4.98 Å². The summed E-state index contributed by atoms with van der Waals surface area (Å²) >= 11 is 5.06. The molecule has 0 saturated heterocycles. The number of imidazole rings is 1. The minimum atomic E-state index is -0.896. The molecular formula is C10H13FN2O2S. The molecule has 88 valence electrons. The van der Waals surface area contributed by atoms with E-state index in [0.29, 0.717) is 23.5 Å². The number of halogens is 1. The molecule has 6 heteroatoms. The minimum absolute atomic E-state index is 0.131. The van der Waals surface area contributed by atoms with Gasteiger partial charge in [-0.2, -0.15) is 0 Å². The van der Waals surface area contributed by atoms with Gasteiger partial charge < -0.3 is 14.3 Å². The van der Waals surface area contributed by atoms with E-state index >= 15 is 0 Å². The quantitative estimate of drug-likeness (QED) is 0.648. The standard InChI is InChI=1S/C10H13FN2O2S/c1-2-15-9(14)4-7-8-3-6(11)5-13(8)10(16)12-7/h6H,2-5H2,1H3,(H,12,16)/t6-/m1/s1. The molecule has 0 fully saturated rings. The number of aromatic nitrogens is 2. The molecule has 4 nitrogen and oxygen atoms in total. The number of hydrogen-bond donors (Lipinski definition) is 1. The molecule has 2 heterocycles. The maximum atomic E-state index is 13.2. The second-order valence-electron chi connectivity index (χ2n) is 3.75. The van der Waals surface area contributed by atoms with Crippen LogP contribution < -0.4 is 0 Å². The van der Waals surface area contributed by atoms with Crippen LogP contribution in [-0.2, 0) is 28.9 Å². The molecule has 0 spiro atoms. The van der Waals surface area contributed by atoms with Gasteiger partial charge in [0.2, 0.25) is 0 Å². The zero-order valence-electron chi connectivity index (χ0n) is 8.96. The second-order valence-corrected chi connectivity index (χ2v) is 4.14. The summed E-state index contributed by atoms with van der Waals surface area (Å²) in [5.74, 6) is -0.315. The molecule has 0 radical (unpaired) electrons. The van der Waals surface area contributed by atoms with E-state index in [1.54, 1.807) is 11.5 Å². The molecule has 2 rings (SSSR count). The Labute approximate surface area is 97.4 Å². The number of alkyl halides is 1. The zero-order chi connectivity index (χ0) is 11.7. The number of nitrogens with zero attached hydrogens (tertiary/aromatic N) is 1. The van der Waals surface area contributed by atoms with Crippen LogP contribution in [0.5, 0.6) is 0 Å². The summed E-state index contributed by atoms with van der Waals surface area (Å²) in [7, 11) is 0. The number of carbonyl (C=O) groups excluding carboxylic acids is 1. The van der Waals surface area contributed by atoms with E-state index in [1.807, 2.05) is 0 Å². The van der Waals surface area contributed by atoms with Gasteiger partial charge in [-0.3, -0.25) is 4.79 Å². The largest absolute Gasteiger partial charge is 0.466 e. The summed E-state index contributed by atoms with van der Waals surface area (Å²) in [4.78, 5) is 14.3. The van der Waals surface area contributed by atoms with Gasteiger partial charge in [-0.1, -0.05) is 0 Å². The van der Waals surface area contributed by atoms with Crippen LogP contribution in [0, 0.1) is 4.77 Å². The summed E-state index contributed by atoms with van der Waals surface area (Å²) in [5, 5.41) is 0. The summed E-state index contributed by atoms with van der Waals surface area (Å²) in [6.07, 6.45) is -0.443.